The second-order valence-electron chi connectivity index (χ2n) is 7.44. The van der Waals surface area contributed by atoms with Crippen molar-refractivity contribution in [2.24, 2.45) is 0 Å². The number of nitrogen functional groups attached to an aromatic ring is 1. The Hall–Kier alpha value is -3.34. The van der Waals surface area contributed by atoms with Crippen LogP contribution in [-0.2, 0) is 17.3 Å². The molecule has 11 heteroatoms. The average Bonchev–Trinajstić information content (AvgIpc) is 2.78. The van der Waals surface area contributed by atoms with Crippen molar-refractivity contribution >= 4 is 34.2 Å². The van der Waals surface area contributed by atoms with Gasteiger partial charge in [0, 0.05) is 37.8 Å². The molecule has 1 aliphatic heterocycles. The summed E-state index contributed by atoms with van der Waals surface area (Å²) in [6.07, 6.45) is -2.40. The molecule has 1 saturated heterocycles. The van der Waals surface area contributed by atoms with Crippen molar-refractivity contribution < 1.29 is 17.9 Å². The van der Waals surface area contributed by atoms with Gasteiger partial charge in [-0.05, 0) is 36.2 Å². The number of halogens is 3. The van der Waals surface area contributed by atoms with E-state index in [-0.39, 0.29) is 5.69 Å². The predicted molar refractivity (Wildman–Crippen MR) is 118 cm³/mol. The van der Waals surface area contributed by atoms with Gasteiger partial charge in [-0.15, -0.1) is 0 Å². The van der Waals surface area contributed by atoms with Gasteiger partial charge in [0.15, 0.2) is 0 Å². The molecule has 1 aromatic carbocycles. The molecule has 0 atom stereocenters. The van der Waals surface area contributed by atoms with E-state index in [1.54, 1.807) is 19.3 Å². The quantitative estimate of drug-likeness (QED) is 0.496. The second-order valence-corrected chi connectivity index (χ2v) is 7.44. The van der Waals surface area contributed by atoms with E-state index in [4.69, 9.17) is 10.5 Å². The lowest BCUT2D eigenvalue weighted by atomic mass is 10.1. The first-order valence-electron chi connectivity index (χ1n) is 10.2. The van der Waals surface area contributed by atoms with Gasteiger partial charge >= 0.3 is 6.18 Å². The number of morpholine rings is 1. The van der Waals surface area contributed by atoms with E-state index >= 15 is 0 Å². The lowest BCUT2D eigenvalue weighted by Crippen LogP contribution is -2.36. The zero-order valence-electron chi connectivity index (χ0n) is 17.5. The standard InChI is InChI=1S/C21H24F3N7O/c1-26-20-29-17-12-28-18(31-4-6-32-7-5-31)11-16(17)19(30-20)27-3-2-13-8-14(21(22,23)24)10-15(25)9-13/h8-12H,2-7,25H2,1H3,(H2,26,27,29,30). The summed E-state index contributed by atoms with van der Waals surface area (Å²) in [5.41, 5.74) is 6.15. The molecular weight excluding hydrogens is 423 g/mol. The van der Waals surface area contributed by atoms with Gasteiger partial charge in [-0.2, -0.15) is 18.2 Å². The number of nitrogens with one attached hydrogen (secondary N) is 2. The van der Waals surface area contributed by atoms with Gasteiger partial charge in [0.2, 0.25) is 5.95 Å². The first-order chi connectivity index (χ1) is 15.3. The summed E-state index contributed by atoms with van der Waals surface area (Å²) < 4.78 is 44.6. The van der Waals surface area contributed by atoms with Crippen molar-refractivity contribution in [3.63, 3.8) is 0 Å². The Bertz CT molecular complexity index is 1100. The molecule has 0 radical (unpaired) electrons. The Balaban J connectivity index is 1.57. The SMILES string of the molecule is CNc1nc(NCCc2cc(N)cc(C(F)(F)F)c2)c2cc(N3CCOCC3)ncc2n1. The van der Waals surface area contributed by atoms with Crippen LogP contribution in [0.25, 0.3) is 10.9 Å². The smallest absolute Gasteiger partial charge is 0.399 e. The van der Waals surface area contributed by atoms with Crippen LogP contribution in [-0.4, -0.2) is 54.8 Å². The highest BCUT2D eigenvalue weighted by atomic mass is 19.4. The van der Waals surface area contributed by atoms with Crippen LogP contribution in [0, 0.1) is 0 Å². The fourth-order valence-corrected chi connectivity index (χ4v) is 3.58. The third-order valence-electron chi connectivity index (χ3n) is 5.17. The number of hydrogen-bond donors (Lipinski definition) is 3. The number of ether oxygens (including phenoxy) is 1. The highest BCUT2D eigenvalue weighted by Gasteiger charge is 2.31. The van der Waals surface area contributed by atoms with Gasteiger partial charge in [-0.3, -0.25) is 0 Å². The Kier molecular flexibility index (Phi) is 6.17. The first-order valence-corrected chi connectivity index (χ1v) is 10.2. The molecule has 1 aliphatic rings. The zero-order chi connectivity index (χ0) is 22.7. The molecule has 0 spiro atoms. The molecule has 0 amide bonds. The van der Waals surface area contributed by atoms with E-state index in [0.717, 1.165) is 36.4 Å². The topological polar surface area (TPSA) is 101 Å². The molecule has 3 heterocycles. The van der Waals surface area contributed by atoms with E-state index in [9.17, 15) is 13.2 Å². The Morgan fingerprint density at radius 1 is 1.12 bits per heavy atom. The zero-order valence-corrected chi connectivity index (χ0v) is 17.5. The number of pyridine rings is 1. The monoisotopic (exact) mass is 447 g/mol. The van der Waals surface area contributed by atoms with Crippen LogP contribution in [0.2, 0.25) is 0 Å². The highest BCUT2D eigenvalue weighted by Crippen LogP contribution is 2.31. The van der Waals surface area contributed by atoms with Gasteiger partial charge in [0.25, 0.3) is 0 Å². The number of alkyl halides is 3. The fraction of sp³-hybridized carbons (Fsp3) is 0.381. The van der Waals surface area contributed by atoms with E-state index in [0.29, 0.717) is 49.0 Å². The van der Waals surface area contributed by atoms with E-state index in [2.05, 4.69) is 30.5 Å². The van der Waals surface area contributed by atoms with E-state index in [1.165, 1.54) is 0 Å². The minimum absolute atomic E-state index is 0.0843. The largest absolute Gasteiger partial charge is 0.416 e. The molecule has 170 valence electrons. The fourth-order valence-electron chi connectivity index (χ4n) is 3.58. The molecule has 1 fully saturated rings. The number of nitrogens with zero attached hydrogens (tertiary/aromatic N) is 4. The maximum atomic E-state index is 13.1. The Labute approximate surface area is 183 Å². The summed E-state index contributed by atoms with van der Waals surface area (Å²) in [5.74, 6) is 1.80. The molecule has 2 aromatic heterocycles. The van der Waals surface area contributed by atoms with Gasteiger partial charge < -0.3 is 26.0 Å². The average molecular weight is 447 g/mol. The van der Waals surface area contributed by atoms with Crippen LogP contribution >= 0.6 is 0 Å². The van der Waals surface area contributed by atoms with E-state index in [1.807, 2.05) is 6.07 Å². The van der Waals surface area contributed by atoms with Crippen molar-refractivity contribution in [1.29, 1.82) is 0 Å². The minimum atomic E-state index is -4.44. The van der Waals surface area contributed by atoms with Gasteiger partial charge in [-0.1, -0.05) is 0 Å². The summed E-state index contributed by atoms with van der Waals surface area (Å²) in [6.45, 7) is 3.13. The number of nitrogens with two attached hydrogens (primary N) is 1. The highest BCUT2D eigenvalue weighted by molar-refractivity contribution is 5.91. The molecule has 8 nitrogen and oxygen atoms in total. The van der Waals surface area contributed by atoms with Crippen LogP contribution < -0.4 is 21.3 Å². The van der Waals surface area contributed by atoms with Crippen LogP contribution in [0.3, 0.4) is 0 Å². The molecule has 32 heavy (non-hydrogen) atoms. The maximum absolute atomic E-state index is 13.1. The Morgan fingerprint density at radius 2 is 1.91 bits per heavy atom. The third kappa shape index (κ3) is 4.93. The molecular formula is C21H24F3N7O. The summed E-state index contributed by atoms with van der Waals surface area (Å²) >= 11 is 0. The second kappa shape index (κ2) is 9.03. The third-order valence-corrected chi connectivity index (χ3v) is 5.17. The number of aromatic nitrogens is 3. The normalized spacial score (nSPS) is 14.6. The van der Waals surface area contributed by atoms with Crippen molar-refractivity contribution in [3.8, 4) is 0 Å². The molecule has 4 rings (SSSR count). The number of fused-ring (bicyclic) bond motifs is 1. The lowest BCUT2D eigenvalue weighted by Gasteiger charge is -2.28. The summed E-state index contributed by atoms with van der Waals surface area (Å²) in [5, 5.41) is 6.93. The van der Waals surface area contributed by atoms with Crippen LogP contribution in [0.1, 0.15) is 11.1 Å². The van der Waals surface area contributed by atoms with Crippen LogP contribution in [0.4, 0.5) is 36.4 Å². The predicted octanol–water partition coefficient (Wildman–Crippen LogP) is 3.16. The Morgan fingerprint density at radius 3 is 2.62 bits per heavy atom. The first kappa shape index (κ1) is 21.9. The van der Waals surface area contributed by atoms with Crippen molar-refractivity contribution in [1.82, 2.24) is 15.0 Å². The van der Waals surface area contributed by atoms with Gasteiger partial charge in [0.05, 0.1) is 30.5 Å². The molecule has 0 aliphatic carbocycles. The molecule has 4 N–H and O–H groups in total. The van der Waals surface area contributed by atoms with E-state index < -0.39 is 11.7 Å². The van der Waals surface area contributed by atoms with Crippen LogP contribution in [0.15, 0.2) is 30.5 Å². The number of benzene rings is 1. The minimum Gasteiger partial charge on any atom is -0.399 e. The summed E-state index contributed by atoms with van der Waals surface area (Å²) in [7, 11) is 1.71. The van der Waals surface area contributed by atoms with Gasteiger partial charge in [-0.25, -0.2) is 9.97 Å². The van der Waals surface area contributed by atoms with Crippen molar-refractivity contribution in [3.05, 3.63) is 41.6 Å². The molecule has 0 saturated carbocycles. The number of hydrogen-bond acceptors (Lipinski definition) is 8. The molecule has 0 bridgehead atoms. The molecule has 3 aromatic rings. The lowest BCUT2D eigenvalue weighted by molar-refractivity contribution is -0.137. The number of rotatable bonds is 6. The van der Waals surface area contributed by atoms with Crippen molar-refractivity contribution in [2.75, 3.05) is 61.2 Å². The maximum Gasteiger partial charge on any atom is 0.416 e. The van der Waals surface area contributed by atoms with Crippen LogP contribution in [0.5, 0.6) is 0 Å². The molecule has 0 unspecified atom stereocenters. The summed E-state index contributed by atoms with van der Waals surface area (Å²) in [6, 6.07) is 5.53. The van der Waals surface area contributed by atoms with Gasteiger partial charge in [0.1, 0.15) is 11.6 Å². The number of anilines is 4. The summed E-state index contributed by atoms with van der Waals surface area (Å²) in [4.78, 5) is 15.6. The van der Waals surface area contributed by atoms with Crippen molar-refractivity contribution in [2.45, 2.75) is 12.6 Å².